The van der Waals surface area contributed by atoms with Crippen LogP contribution >= 0.6 is 0 Å². The summed E-state index contributed by atoms with van der Waals surface area (Å²) in [6, 6.07) is 6.72. The topological polar surface area (TPSA) is 86.5 Å². The predicted octanol–water partition coefficient (Wildman–Crippen LogP) is 4.51. The quantitative estimate of drug-likeness (QED) is 0.278. The summed E-state index contributed by atoms with van der Waals surface area (Å²) in [6.45, 7) is 11.1. The molecule has 0 saturated carbocycles. The van der Waals surface area contributed by atoms with E-state index < -0.39 is 15.4 Å². The zero-order valence-corrected chi connectivity index (χ0v) is 20.5. The van der Waals surface area contributed by atoms with Crippen LogP contribution in [0.5, 0.6) is 0 Å². The third-order valence-corrected chi connectivity index (χ3v) is 7.84. The largest absolute Gasteiger partial charge is 0.355 e. The highest BCUT2D eigenvalue weighted by Gasteiger charge is 2.45. The van der Waals surface area contributed by atoms with Gasteiger partial charge in [-0.2, -0.15) is 13.0 Å². The number of unbranched alkanes of at least 4 members (excludes halogenated alkanes) is 3. The average Bonchev–Trinajstić information content (AvgIpc) is 2.90. The second kappa shape index (κ2) is 10.7. The zero-order valence-electron chi connectivity index (χ0n) is 19.7. The first-order chi connectivity index (χ1) is 14.5. The minimum atomic E-state index is -4.12. The van der Waals surface area contributed by atoms with Crippen molar-refractivity contribution in [1.29, 1.82) is 0 Å². The molecule has 0 aliphatic carbocycles. The number of benzene rings is 1. The lowest BCUT2D eigenvalue weighted by atomic mass is 9.75. The molecule has 1 heterocycles. The summed E-state index contributed by atoms with van der Waals surface area (Å²) in [5, 5.41) is 1.60. The summed E-state index contributed by atoms with van der Waals surface area (Å²) in [6.07, 6.45) is 6.77. The molecule has 2 atom stereocenters. The molecule has 1 aliphatic rings. The van der Waals surface area contributed by atoms with Crippen LogP contribution in [0.1, 0.15) is 83.8 Å². The summed E-state index contributed by atoms with van der Waals surface area (Å²) in [7, 11) is -4.12. The van der Waals surface area contributed by atoms with Gasteiger partial charge in [0, 0.05) is 37.9 Å². The Kier molecular flexibility index (Phi) is 8.83. The van der Waals surface area contributed by atoms with Crippen molar-refractivity contribution in [2.24, 2.45) is 0 Å². The van der Waals surface area contributed by atoms with Gasteiger partial charge in [0.1, 0.15) is 11.8 Å². The van der Waals surface area contributed by atoms with Crippen molar-refractivity contribution >= 4 is 27.4 Å². The minimum Gasteiger partial charge on any atom is -0.355 e. The number of hydrogen-bond acceptors (Lipinski definition) is 3. The van der Waals surface area contributed by atoms with E-state index in [1.807, 2.05) is 0 Å². The maximum atomic E-state index is 12.0. The van der Waals surface area contributed by atoms with Crippen molar-refractivity contribution in [3.63, 3.8) is 0 Å². The van der Waals surface area contributed by atoms with E-state index in [0.29, 0.717) is 6.42 Å². The number of aryl methyl sites for hydroxylation is 1. The van der Waals surface area contributed by atoms with E-state index in [9.17, 15) is 13.2 Å². The van der Waals surface area contributed by atoms with Crippen LogP contribution in [0, 0.1) is 6.92 Å². The summed E-state index contributed by atoms with van der Waals surface area (Å²) in [4.78, 5) is 12.0. The van der Waals surface area contributed by atoms with Gasteiger partial charge in [0.25, 0.3) is 10.1 Å². The van der Waals surface area contributed by atoms with Crippen molar-refractivity contribution in [1.82, 2.24) is 5.32 Å². The normalized spacial score (nSPS) is 19.4. The minimum absolute atomic E-state index is 0.0554. The zero-order chi connectivity index (χ0) is 23.2. The van der Waals surface area contributed by atoms with Crippen LogP contribution in [0.15, 0.2) is 18.2 Å². The van der Waals surface area contributed by atoms with E-state index >= 15 is 0 Å². The van der Waals surface area contributed by atoms with E-state index in [2.05, 4.69) is 55.8 Å². The molecule has 0 spiro atoms. The molecule has 31 heavy (non-hydrogen) atoms. The highest BCUT2D eigenvalue weighted by Crippen LogP contribution is 2.43. The third-order valence-electron chi connectivity index (χ3n) is 6.65. The van der Waals surface area contributed by atoms with E-state index in [1.54, 1.807) is 0 Å². The number of nitrogens with one attached hydrogen (secondary N) is 1. The van der Waals surface area contributed by atoms with Gasteiger partial charge in [0.2, 0.25) is 11.6 Å². The highest BCUT2D eigenvalue weighted by atomic mass is 32.2. The Hall–Kier alpha value is -1.73. The van der Waals surface area contributed by atoms with Crippen molar-refractivity contribution in [3.05, 3.63) is 29.3 Å². The molecule has 0 bridgehead atoms. The maximum absolute atomic E-state index is 12.0. The molecular weight excluding hydrogens is 412 g/mol. The Labute approximate surface area is 187 Å². The van der Waals surface area contributed by atoms with Crippen molar-refractivity contribution in [2.75, 3.05) is 13.1 Å². The fourth-order valence-electron chi connectivity index (χ4n) is 4.34. The number of nitrogens with zero attached hydrogens (tertiary/aromatic N) is 1. The van der Waals surface area contributed by atoms with Crippen LogP contribution in [0.4, 0.5) is 5.69 Å². The molecule has 1 aliphatic heterocycles. The molecule has 0 saturated heterocycles. The lowest BCUT2D eigenvalue weighted by Crippen LogP contribution is -2.34. The summed E-state index contributed by atoms with van der Waals surface area (Å²) in [5.74, 6) is -0.182. The summed E-state index contributed by atoms with van der Waals surface area (Å²) < 4.78 is 33.5. The summed E-state index contributed by atoms with van der Waals surface area (Å²) in [5.41, 5.74) is 5.42. The number of carbonyl (C=O) groups excluding carboxylic acids is 1. The molecule has 1 aromatic rings. The van der Waals surface area contributed by atoms with Gasteiger partial charge in [-0.15, -0.1) is 0 Å². The molecule has 2 N–H and O–H groups in total. The van der Waals surface area contributed by atoms with Crippen LogP contribution in [0.3, 0.4) is 0 Å². The first kappa shape index (κ1) is 25.5. The van der Waals surface area contributed by atoms with Crippen molar-refractivity contribution in [2.45, 2.75) is 90.2 Å². The lowest BCUT2D eigenvalue weighted by molar-refractivity contribution is -0.439. The first-order valence-electron chi connectivity index (χ1n) is 11.5. The fourth-order valence-corrected chi connectivity index (χ4v) is 4.63. The second-order valence-corrected chi connectivity index (χ2v) is 11.0. The predicted molar refractivity (Wildman–Crippen MR) is 126 cm³/mol. The third kappa shape index (κ3) is 6.39. The Morgan fingerprint density at radius 2 is 1.90 bits per heavy atom. The van der Waals surface area contributed by atoms with Gasteiger partial charge in [-0.3, -0.25) is 9.35 Å². The van der Waals surface area contributed by atoms with Gasteiger partial charge in [-0.25, -0.2) is 0 Å². The second-order valence-electron chi connectivity index (χ2n) is 9.13. The van der Waals surface area contributed by atoms with Gasteiger partial charge < -0.3 is 5.32 Å². The average molecular weight is 452 g/mol. The molecule has 0 radical (unpaired) electrons. The van der Waals surface area contributed by atoms with Gasteiger partial charge in [0.05, 0.1) is 5.41 Å². The van der Waals surface area contributed by atoms with E-state index in [-0.39, 0.29) is 17.9 Å². The maximum Gasteiger partial charge on any atom is 0.269 e. The van der Waals surface area contributed by atoms with Crippen LogP contribution in [0.2, 0.25) is 0 Å². The summed E-state index contributed by atoms with van der Waals surface area (Å²) >= 11 is 0. The van der Waals surface area contributed by atoms with Crippen molar-refractivity contribution in [3.8, 4) is 0 Å². The molecule has 1 aromatic carbocycles. The van der Waals surface area contributed by atoms with Crippen molar-refractivity contribution < 1.29 is 22.3 Å². The van der Waals surface area contributed by atoms with Gasteiger partial charge in [-0.1, -0.05) is 37.8 Å². The van der Waals surface area contributed by atoms with Gasteiger partial charge >= 0.3 is 0 Å². The molecule has 7 heteroatoms. The first-order valence-corrected chi connectivity index (χ1v) is 13.0. The number of fused-ring (bicyclic) bond motifs is 1. The van der Waals surface area contributed by atoms with Crippen LogP contribution in [-0.4, -0.2) is 47.5 Å². The molecule has 2 rings (SSSR count). The number of carbonyl (C=O) groups is 1. The molecular formula is C24H39N2O4S+. The number of hydrogen-bond donors (Lipinski definition) is 2. The van der Waals surface area contributed by atoms with E-state index in [1.165, 1.54) is 48.7 Å². The van der Waals surface area contributed by atoms with Crippen LogP contribution in [0.25, 0.3) is 0 Å². The SMILES string of the molecule is CCCCCC1(C)C(C)=[N+](CCCCC(=O)NCC(C)S(=O)(=O)O)c2ccc(C)cc21. The molecule has 174 valence electrons. The monoisotopic (exact) mass is 451 g/mol. The van der Waals surface area contributed by atoms with E-state index in [0.717, 1.165) is 25.8 Å². The molecule has 0 fully saturated rings. The lowest BCUT2D eigenvalue weighted by Gasteiger charge is -2.22. The number of amides is 1. The Bertz CT molecular complexity index is 924. The standard InChI is InChI=1S/C24H38N2O4S/c1-6-7-9-14-24(5)20(4)26(22-13-12-18(2)16-21(22)24)15-10-8-11-23(27)25-17-19(3)31(28,29)30/h12-13,16,19H,6-11,14-15,17H2,1-5H3,(H-,25,27,28,29,30)/p+1. The van der Waals surface area contributed by atoms with E-state index in [4.69, 9.17) is 4.55 Å². The smallest absolute Gasteiger partial charge is 0.269 e. The highest BCUT2D eigenvalue weighted by molar-refractivity contribution is 7.86. The molecule has 0 aromatic heterocycles. The van der Waals surface area contributed by atoms with Crippen LogP contribution in [-0.2, 0) is 20.3 Å². The Morgan fingerprint density at radius 3 is 2.55 bits per heavy atom. The Balaban J connectivity index is 1.98. The van der Waals surface area contributed by atoms with Crippen LogP contribution < -0.4 is 5.32 Å². The molecule has 2 unspecified atom stereocenters. The Morgan fingerprint density at radius 1 is 1.19 bits per heavy atom. The molecule has 1 amide bonds. The fraction of sp³-hybridized carbons (Fsp3) is 0.667. The molecule has 6 nitrogen and oxygen atoms in total. The van der Waals surface area contributed by atoms with Gasteiger partial charge in [-0.05, 0) is 39.7 Å². The van der Waals surface area contributed by atoms with Gasteiger partial charge in [0.15, 0.2) is 5.71 Å². The number of rotatable bonds is 12.